The Kier molecular flexibility index (Phi) is 2.94. The molecular formula is C12H8F4N2. The van der Waals surface area contributed by atoms with E-state index in [2.05, 4.69) is 4.98 Å². The van der Waals surface area contributed by atoms with E-state index in [0.717, 1.165) is 6.07 Å². The lowest BCUT2D eigenvalue weighted by Crippen LogP contribution is -2.08. The van der Waals surface area contributed by atoms with Crippen LogP contribution in [0.1, 0.15) is 5.56 Å². The number of alkyl halides is 3. The van der Waals surface area contributed by atoms with E-state index in [1.807, 2.05) is 0 Å². The fourth-order valence-corrected chi connectivity index (χ4v) is 1.57. The van der Waals surface area contributed by atoms with Gasteiger partial charge in [0.1, 0.15) is 11.6 Å². The minimum Gasteiger partial charge on any atom is -0.383 e. The summed E-state index contributed by atoms with van der Waals surface area (Å²) in [6.07, 6.45) is -3.26. The average Bonchev–Trinajstić information content (AvgIpc) is 2.27. The maximum atomic E-state index is 13.4. The fraction of sp³-hybridized carbons (Fsp3) is 0.0833. The fourth-order valence-electron chi connectivity index (χ4n) is 1.57. The van der Waals surface area contributed by atoms with Crippen molar-refractivity contribution < 1.29 is 17.6 Å². The van der Waals surface area contributed by atoms with Gasteiger partial charge in [0.25, 0.3) is 0 Å². The van der Waals surface area contributed by atoms with Gasteiger partial charge in [-0.2, -0.15) is 13.2 Å². The van der Waals surface area contributed by atoms with Crippen LogP contribution < -0.4 is 5.73 Å². The molecule has 2 N–H and O–H groups in total. The van der Waals surface area contributed by atoms with Gasteiger partial charge in [-0.3, -0.25) is 0 Å². The molecule has 6 heteroatoms. The van der Waals surface area contributed by atoms with E-state index in [1.54, 1.807) is 12.1 Å². The zero-order valence-electron chi connectivity index (χ0n) is 9.00. The summed E-state index contributed by atoms with van der Waals surface area (Å²) in [5, 5.41) is 0. The van der Waals surface area contributed by atoms with Crippen molar-refractivity contribution in [2.75, 3.05) is 5.73 Å². The number of halogens is 4. The van der Waals surface area contributed by atoms with E-state index < -0.39 is 17.6 Å². The summed E-state index contributed by atoms with van der Waals surface area (Å²) in [5.74, 6) is -1.19. The molecule has 0 radical (unpaired) electrons. The second-order valence-corrected chi connectivity index (χ2v) is 3.63. The number of nitrogens with zero attached hydrogens (tertiary/aromatic N) is 1. The molecule has 0 aliphatic carbocycles. The third kappa shape index (κ3) is 2.27. The molecule has 94 valence electrons. The van der Waals surface area contributed by atoms with Crippen LogP contribution in [0.5, 0.6) is 0 Å². The van der Waals surface area contributed by atoms with Gasteiger partial charge in [0, 0.05) is 11.8 Å². The van der Waals surface area contributed by atoms with Crippen LogP contribution in [0, 0.1) is 5.82 Å². The quantitative estimate of drug-likeness (QED) is 0.793. The molecule has 0 aliphatic heterocycles. The molecular weight excluding hydrogens is 248 g/mol. The SMILES string of the molecule is Nc1ncccc1-c1ccc(C(F)(F)F)c(F)c1. The molecule has 0 aliphatic rings. The summed E-state index contributed by atoms with van der Waals surface area (Å²) in [4.78, 5) is 3.79. The lowest BCUT2D eigenvalue weighted by atomic mass is 10.0. The zero-order valence-corrected chi connectivity index (χ0v) is 9.00. The predicted molar refractivity (Wildman–Crippen MR) is 59.0 cm³/mol. The number of hydrogen-bond acceptors (Lipinski definition) is 2. The van der Waals surface area contributed by atoms with Crippen molar-refractivity contribution in [3.8, 4) is 11.1 Å². The van der Waals surface area contributed by atoms with Gasteiger partial charge in [0.15, 0.2) is 0 Å². The van der Waals surface area contributed by atoms with E-state index >= 15 is 0 Å². The van der Waals surface area contributed by atoms with Gasteiger partial charge < -0.3 is 5.73 Å². The van der Waals surface area contributed by atoms with Crippen LogP contribution >= 0.6 is 0 Å². The number of pyridine rings is 1. The largest absolute Gasteiger partial charge is 0.419 e. The summed E-state index contributed by atoms with van der Waals surface area (Å²) in [7, 11) is 0. The van der Waals surface area contributed by atoms with E-state index in [-0.39, 0.29) is 11.4 Å². The summed E-state index contributed by atoms with van der Waals surface area (Å²) in [6, 6.07) is 5.79. The van der Waals surface area contributed by atoms with Crippen LogP contribution in [0.25, 0.3) is 11.1 Å². The molecule has 2 aromatic rings. The number of nitrogens with two attached hydrogens (primary N) is 1. The Labute approximate surface area is 100 Å². The van der Waals surface area contributed by atoms with Crippen LogP contribution in [0.15, 0.2) is 36.5 Å². The van der Waals surface area contributed by atoms with Crippen LogP contribution in [0.3, 0.4) is 0 Å². The van der Waals surface area contributed by atoms with E-state index in [0.29, 0.717) is 11.6 Å². The molecule has 0 bridgehead atoms. The third-order valence-electron chi connectivity index (χ3n) is 2.42. The maximum absolute atomic E-state index is 13.4. The first kappa shape index (κ1) is 12.3. The molecule has 1 heterocycles. The number of nitrogen functional groups attached to an aromatic ring is 1. The second-order valence-electron chi connectivity index (χ2n) is 3.63. The first-order chi connectivity index (χ1) is 8.39. The number of benzene rings is 1. The second kappa shape index (κ2) is 4.29. The Morgan fingerprint density at radius 1 is 1.11 bits per heavy atom. The van der Waals surface area contributed by atoms with Crippen LogP contribution in [-0.4, -0.2) is 4.98 Å². The van der Waals surface area contributed by atoms with Crippen molar-refractivity contribution >= 4 is 5.82 Å². The van der Waals surface area contributed by atoms with Crippen LogP contribution in [-0.2, 0) is 6.18 Å². The summed E-state index contributed by atoms with van der Waals surface area (Å²) >= 11 is 0. The molecule has 0 fully saturated rings. The summed E-state index contributed by atoms with van der Waals surface area (Å²) in [5.41, 5.74) is 4.92. The van der Waals surface area contributed by atoms with E-state index in [4.69, 9.17) is 5.73 Å². The standard InChI is InChI=1S/C12H8F4N2/c13-10-6-7(3-4-9(10)12(14,15)16)8-2-1-5-18-11(8)17/h1-6H,(H2,17,18). The average molecular weight is 256 g/mol. The molecule has 0 atom stereocenters. The van der Waals surface area contributed by atoms with E-state index in [9.17, 15) is 17.6 Å². The molecule has 2 rings (SSSR count). The van der Waals surface area contributed by atoms with Crippen molar-refractivity contribution in [1.82, 2.24) is 4.98 Å². The van der Waals surface area contributed by atoms with Gasteiger partial charge in [-0.25, -0.2) is 9.37 Å². The Bertz CT molecular complexity index is 579. The highest BCUT2D eigenvalue weighted by molar-refractivity contribution is 5.73. The highest BCUT2D eigenvalue weighted by atomic mass is 19.4. The summed E-state index contributed by atoms with van der Waals surface area (Å²) < 4.78 is 50.5. The minimum absolute atomic E-state index is 0.136. The zero-order chi connectivity index (χ0) is 13.3. The number of hydrogen-bond donors (Lipinski definition) is 1. The van der Waals surface area contributed by atoms with Crippen molar-refractivity contribution in [2.45, 2.75) is 6.18 Å². The number of anilines is 1. The van der Waals surface area contributed by atoms with Gasteiger partial charge in [-0.15, -0.1) is 0 Å². The molecule has 18 heavy (non-hydrogen) atoms. The minimum atomic E-state index is -4.71. The molecule has 1 aromatic heterocycles. The smallest absolute Gasteiger partial charge is 0.383 e. The highest BCUT2D eigenvalue weighted by Gasteiger charge is 2.33. The first-order valence-corrected chi connectivity index (χ1v) is 4.97. The van der Waals surface area contributed by atoms with Gasteiger partial charge >= 0.3 is 6.18 Å². The molecule has 2 nitrogen and oxygen atoms in total. The Balaban J connectivity index is 2.51. The normalized spacial score (nSPS) is 11.6. The number of rotatable bonds is 1. The lowest BCUT2D eigenvalue weighted by molar-refractivity contribution is -0.139. The van der Waals surface area contributed by atoms with Gasteiger partial charge in [-0.05, 0) is 29.8 Å². The van der Waals surface area contributed by atoms with Crippen LogP contribution in [0.2, 0.25) is 0 Å². The lowest BCUT2D eigenvalue weighted by Gasteiger charge is -2.10. The number of aromatic nitrogens is 1. The molecule has 1 aromatic carbocycles. The summed E-state index contributed by atoms with van der Waals surface area (Å²) in [6.45, 7) is 0. The molecule has 0 saturated heterocycles. The Hall–Kier alpha value is -2.11. The van der Waals surface area contributed by atoms with Gasteiger partial charge in [0.05, 0.1) is 5.56 Å². The van der Waals surface area contributed by atoms with E-state index in [1.165, 1.54) is 12.3 Å². The highest BCUT2D eigenvalue weighted by Crippen LogP contribution is 2.34. The third-order valence-corrected chi connectivity index (χ3v) is 2.42. The Morgan fingerprint density at radius 2 is 1.83 bits per heavy atom. The van der Waals surface area contributed by atoms with Crippen molar-refractivity contribution in [2.24, 2.45) is 0 Å². The predicted octanol–water partition coefficient (Wildman–Crippen LogP) is 3.49. The van der Waals surface area contributed by atoms with Crippen molar-refractivity contribution in [1.29, 1.82) is 0 Å². The van der Waals surface area contributed by atoms with Crippen molar-refractivity contribution in [3.63, 3.8) is 0 Å². The topological polar surface area (TPSA) is 38.9 Å². The molecule has 0 unspecified atom stereocenters. The first-order valence-electron chi connectivity index (χ1n) is 4.97. The van der Waals surface area contributed by atoms with Gasteiger partial charge in [-0.1, -0.05) is 6.07 Å². The molecule has 0 spiro atoms. The van der Waals surface area contributed by atoms with Crippen LogP contribution in [0.4, 0.5) is 23.4 Å². The maximum Gasteiger partial charge on any atom is 0.419 e. The van der Waals surface area contributed by atoms with Gasteiger partial charge in [0.2, 0.25) is 0 Å². The Morgan fingerprint density at radius 3 is 2.39 bits per heavy atom. The molecule has 0 saturated carbocycles. The molecule has 0 amide bonds. The van der Waals surface area contributed by atoms with Crippen molar-refractivity contribution in [3.05, 3.63) is 47.9 Å². The monoisotopic (exact) mass is 256 g/mol.